The van der Waals surface area contributed by atoms with Gasteiger partial charge in [0, 0.05) is 58.4 Å². The zero-order valence-electron chi connectivity index (χ0n) is 13.3. The highest BCUT2D eigenvalue weighted by Gasteiger charge is 2.34. The monoisotopic (exact) mass is 295 g/mol. The molecule has 3 heterocycles. The van der Waals surface area contributed by atoms with Crippen LogP contribution in [0.4, 0.5) is 4.79 Å². The molecule has 3 aliphatic rings. The number of carbonyl (C=O) groups excluding carboxylic acids is 1. The first-order chi connectivity index (χ1) is 10.2. The molecule has 0 bridgehead atoms. The van der Waals surface area contributed by atoms with Crippen LogP contribution in [0.25, 0.3) is 0 Å². The molecule has 21 heavy (non-hydrogen) atoms. The fourth-order valence-electron chi connectivity index (χ4n) is 3.60. The summed E-state index contributed by atoms with van der Waals surface area (Å²) < 4.78 is 0. The summed E-state index contributed by atoms with van der Waals surface area (Å²) in [6.07, 6.45) is 2.22. The maximum Gasteiger partial charge on any atom is 0.320 e. The van der Waals surface area contributed by atoms with E-state index in [0.717, 1.165) is 78.3 Å². The van der Waals surface area contributed by atoms with Gasteiger partial charge >= 0.3 is 6.03 Å². The molecule has 3 aliphatic heterocycles. The fourth-order valence-corrected chi connectivity index (χ4v) is 3.60. The number of likely N-dealkylation sites (N-methyl/N-ethyl adjacent to an activating group) is 1. The van der Waals surface area contributed by atoms with Gasteiger partial charge in [-0.2, -0.15) is 0 Å². The Labute approximate surface area is 128 Å². The molecule has 3 fully saturated rings. The van der Waals surface area contributed by atoms with Crippen LogP contribution in [-0.4, -0.2) is 104 Å². The molecule has 0 aromatic heterocycles. The molecule has 1 N–H and O–H groups in total. The van der Waals surface area contributed by atoms with Crippen LogP contribution < -0.4 is 5.32 Å². The number of hydrogen-bond donors (Lipinski definition) is 1. The van der Waals surface area contributed by atoms with E-state index in [1.165, 1.54) is 0 Å². The Morgan fingerprint density at radius 3 is 2.43 bits per heavy atom. The molecule has 3 saturated heterocycles. The highest BCUT2D eigenvalue weighted by atomic mass is 16.2. The van der Waals surface area contributed by atoms with E-state index in [2.05, 4.69) is 32.0 Å². The van der Waals surface area contributed by atoms with Crippen molar-refractivity contribution in [3.63, 3.8) is 0 Å². The van der Waals surface area contributed by atoms with Gasteiger partial charge in [-0.15, -0.1) is 0 Å². The van der Waals surface area contributed by atoms with Crippen molar-refractivity contribution in [3.8, 4) is 0 Å². The molecule has 3 rings (SSSR count). The number of nitrogens with one attached hydrogen (secondary N) is 1. The van der Waals surface area contributed by atoms with Crippen LogP contribution in [-0.2, 0) is 0 Å². The number of piperazine rings is 1. The SMILES string of the molecule is CN1CCN(CCN2CCN(C3CCNCC3)C2=O)CC1. The molecule has 6 heteroatoms. The molecule has 0 aromatic carbocycles. The average molecular weight is 295 g/mol. The van der Waals surface area contributed by atoms with Crippen molar-refractivity contribution in [1.29, 1.82) is 0 Å². The lowest BCUT2D eigenvalue weighted by Crippen LogP contribution is -2.48. The second kappa shape index (κ2) is 6.94. The highest BCUT2D eigenvalue weighted by Crippen LogP contribution is 2.18. The zero-order valence-corrected chi connectivity index (χ0v) is 13.3. The van der Waals surface area contributed by atoms with Gasteiger partial charge in [0.05, 0.1) is 0 Å². The molecule has 0 spiro atoms. The number of amides is 2. The minimum atomic E-state index is 0.274. The summed E-state index contributed by atoms with van der Waals surface area (Å²) in [4.78, 5) is 21.6. The Morgan fingerprint density at radius 2 is 1.71 bits per heavy atom. The standard InChI is InChI=1S/C15H29N5O/c1-17-6-8-18(9-7-17)10-11-19-12-13-20(15(19)21)14-2-4-16-5-3-14/h14,16H,2-13H2,1H3. The molecular formula is C15H29N5O. The second-order valence-electron chi connectivity index (χ2n) is 6.59. The van der Waals surface area contributed by atoms with Gasteiger partial charge in [0.1, 0.15) is 0 Å². The summed E-state index contributed by atoms with van der Waals surface area (Å²) in [5.74, 6) is 0. The fraction of sp³-hybridized carbons (Fsp3) is 0.933. The zero-order chi connectivity index (χ0) is 14.7. The van der Waals surface area contributed by atoms with Crippen molar-refractivity contribution < 1.29 is 4.79 Å². The third-order valence-electron chi connectivity index (χ3n) is 5.16. The van der Waals surface area contributed by atoms with Crippen LogP contribution in [0.2, 0.25) is 0 Å². The van der Waals surface area contributed by atoms with Crippen LogP contribution >= 0.6 is 0 Å². The minimum absolute atomic E-state index is 0.274. The van der Waals surface area contributed by atoms with Crippen molar-refractivity contribution in [3.05, 3.63) is 0 Å². The number of nitrogens with zero attached hydrogens (tertiary/aromatic N) is 4. The van der Waals surface area contributed by atoms with E-state index in [-0.39, 0.29) is 6.03 Å². The summed E-state index contributed by atoms with van der Waals surface area (Å²) in [5, 5.41) is 3.37. The summed E-state index contributed by atoms with van der Waals surface area (Å²) in [6.45, 7) is 10.4. The number of piperidine rings is 1. The third-order valence-corrected chi connectivity index (χ3v) is 5.16. The first kappa shape index (κ1) is 15.1. The summed E-state index contributed by atoms with van der Waals surface area (Å²) in [6, 6.07) is 0.739. The molecule has 0 unspecified atom stereocenters. The van der Waals surface area contributed by atoms with Crippen LogP contribution in [0.3, 0.4) is 0 Å². The van der Waals surface area contributed by atoms with Gasteiger partial charge in [-0.05, 0) is 33.0 Å². The Morgan fingerprint density at radius 1 is 1.00 bits per heavy atom. The van der Waals surface area contributed by atoms with Crippen LogP contribution in [0.5, 0.6) is 0 Å². The summed E-state index contributed by atoms with van der Waals surface area (Å²) in [5.41, 5.74) is 0. The lowest BCUT2D eigenvalue weighted by Gasteiger charge is -2.34. The highest BCUT2D eigenvalue weighted by molar-refractivity contribution is 5.76. The van der Waals surface area contributed by atoms with Crippen molar-refractivity contribution in [2.75, 3.05) is 72.5 Å². The van der Waals surface area contributed by atoms with Crippen molar-refractivity contribution >= 4 is 6.03 Å². The summed E-state index contributed by atoms with van der Waals surface area (Å²) in [7, 11) is 2.18. The first-order valence-electron chi connectivity index (χ1n) is 8.41. The predicted octanol–water partition coefficient (Wildman–Crippen LogP) is -0.277. The van der Waals surface area contributed by atoms with E-state index in [4.69, 9.17) is 0 Å². The molecule has 0 radical (unpaired) electrons. The Balaban J connectivity index is 1.43. The lowest BCUT2D eigenvalue weighted by molar-refractivity contribution is 0.136. The number of urea groups is 1. The van der Waals surface area contributed by atoms with Crippen LogP contribution in [0.15, 0.2) is 0 Å². The molecule has 2 amide bonds. The maximum atomic E-state index is 12.5. The normalized spacial score (nSPS) is 26.8. The van der Waals surface area contributed by atoms with Gasteiger partial charge < -0.3 is 20.0 Å². The van der Waals surface area contributed by atoms with E-state index in [1.54, 1.807) is 0 Å². The van der Waals surface area contributed by atoms with E-state index >= 15 is 0 Å². The predicted molar refractivity (Wildman–Crippen MR) is 83.5 cm³/mol. The topological polar surface area (TPSA) is 42.1 Å². The second-order valence-corrected chi connectivity index (χ2v) is 6.59. The van der Waals surface area contributed by atoms with Gasteiger partial charge in [-0.3, -0.25) is 4.90 Å². The largest absolute Gasteiger partial charge is 0.322 e. The number of rotatable bonds is 4. The van der Waals surface area contributed by atoms with Gasteiger partial charge in [-0.1, -0.05) is 0 Å². The Bertz CT molecular complexity index is 350. The molecule has 0 aliphatic carbocycles. The minimum Gasteiger partial charge on any atom is -0.322 e. The number of hydrogen-bond acceptors (Lipinski definition) is 4. The first-order valence-corrected chi connectivity index (χ1v) is 8.41. The lowest BCUT2D eigenvalue weighted by atomic mass is 10.1. The van der Waals surface area contributed by atoms with Gasteiger partial charge in [0.15, 0.2) is 0 Å². The smallest absolute Gasteiger partial charge is 0.320 e. The summed E-state index contributed by atoms with van der Waals surface area (Å²) >= 11 is 0. The molecular weight excluding hydrogens is 266 g/mol. The molecule has 0 aromatic rings. The molecule has 0 saturated carbocycles. The van der Waals surface area contributed by atoms with Crippen molar-refractivity contribution in [2.45, 2.75) is 18.9 Å². The van der Waals surface area contributed by atoms with Gasteiger partial charge in [0.25, 0.3) is 0 Å². The van der Waals surface area contributed by atoms with E-state index in [9.17, 15) is 4.79 Å². The van der Waals surface area contributed by atoms with Crippen molar-refractivity contribution in [1.82, 2.24) is 24.9 Å². The van der Waals surface area contributed by atoms with E-state index in [1.807, 2.05) is 0 Å². The maximum absolute atomic E-state index is 12.5. The Hall–Kier alpha value is -0.850. The van der Waals surface area contributed by atoms with Gasteiger partial charge in [-0.25, -0.2) is 4.79 Å². The molecule has 6 nitrogen and oxygen atoms in total. The molecule has 0 atom stereocenters. The number of carbonyl (C=O) groups is 1. The van der Waals surface area contributed by atoms with Crippen molar-refractivity contribution in [2.24, 2.45) is 0 Å². The van der Waals surface area contributed by atoms with Crippen LogP contribution in [0, 0.1) is 0 Å². The Kier molecular flexibility index (Phi) is 4.98. The van der Waals surface area contributed by atoms with E-state index in [0.29, 0.717) is 6.04 Å². The molecule has 120 valence electrons. The quantitative estimate of drug-likeness (QED) is 0.775. The van der Waals surface area contributed by atoms with E-state index < -0.39 is 0 Å². The third kappa shape index (κ3) is 3.67. The van der Waals surface area contributed by atoms with Crippen LogP contribution in [0.1, 0.15) is 12.8 Å². The van der Waals surface area contributed by atoms with Gasteiger partial charge in [0.2, 0.25) is 0 Å². The average Bonchev–Trinajstić information content (AvgIpc) is 2.89.